The number of anilines is 1. The molecule has 2 aliphatic heterocycles. The molecule has 2 atom stereocenters. The molecule has 2 aromatic rings. The maximum Gasteiger partial charge on any atom is 0.249 e. The molecule has 2 saturated heterocycles. The van der Waals surface area contributed by atoms with Crippen LogP contribution in [0.1, 0.15) is 36.8 Å². The highest BCUT2D eigenvalue weighted by Crippen LogP contribution is 2.42. The first kappa shape index (κ1) is 18.9. The normalized spacial score (nSPS) is 25.0. The number of aromatic nitrogens is 2. The van der Waals surface area contributed by atoms with Gasteiger partial charge in [-0.3, -0.25) is 4.79 Å². The van der Waals surface area contributed by atoms with Gasteiger partial charge in [-0.05, 0) is 25.3 Å². The zero-order valence-electron chi connectivity index (χ0n) is 16.9. The molecule has 4 rings (SSSR count). The minimum absolute atomic E-state index is 0.0386. The molecule has 0 aliphatic carbocycles. The van der Waals surface area contributed by atoms with Crippen molar-refractivity contribution in [1.82, 2.24) is 14.9 Å². The topological polar surface area (TPSA) is 58.6 Å². The van der Waals surface area contributed by atoms with Crippen LogP contribution < -0.4 is 4.90 Å². The van der Waals surface area contributed by atoms with E-state index in [0.29, 0.717) is 6.54 Å². The van der Waals surface area contributed by atoms with Gasteiger partial charge in [0.2, 0.25) is 5.91 Å². The lowest BCUT2D eigenvalue weighted by Gasteiger charge is -2.55. The Morgan fingerprint density at radius 2 is 2.04 bits per heavy atom. The smallest absolute Gasteiger partial charge is 0.249 e. The molecule has 0 spiro atoms. The number of likely N-dealkylation sites (N-methyl/N-ethyl adjacent to an activating group) is 1. The minimum Gasteiger partial charge on any atom is -0.364 e. The van der Waals surface area contributed by atoms with Crippen LogP contribution in [0, 0.1) is 6.92 Å². The SMILES string of the molecule is CCCc1cc(N2CC[C@]3(c4ccccc4)[C@@H](C2)OCC(=O)N3C)nc(C)n1. The average Bonchev–Trinajstić information content (AvgIpc) is 2.71. The van der Waals surface area contributed by atoms with Crippen molar-refractivity contribution >= 4 is 11.7 Å². The number of carbonyl (C=O) groups excluding carboxylic acids is 1. The molecule has 0 N–H and O–H groups in total. The Bertz CT molecular complexity index is 857. The number of hydrogen-bond acceptors (Lipinski definition) is 5. The highest BCUT2D eigenvalue weighted by atomic mass is 16.5. The van der Waals surface area contributed by atoms with Crippen LogP contribution in [0.3, 0.4) is 0 Å². The summed E-state index contributed by atoms with van der Waals surface area (Å²) in [6.45, 7) is 5.76. The van der Waals surface area contributed by atoms with Gasteiger partial charge in [-0.1, -0.05) is 43.7 Å². The average molecular weight is 380 g/mol. The fourth-order valence-corrected chi connectivity index (χ4v) is 4.59. The summed E-state index contributed by atoms with van der Waals surface area (Å²) in [6, 6.07) is 12.4. The molecule has 0 saturated carbocycles. The largest absolute Gasteiger partial charge is 0.364 e. The molecule has 0 unspecified atom stereocenters. The second kappa shape index (κ2) is 7.51. The van der Waals surface area contributed by atoms with Gasteiger partial charge in [0.1, 0.15) is 24.4 Å². The number of hydrogen-bond donors (Lipinski definition) is 0. The molecule has 6 heteroatoms. The second-order valence-corrected chi connectivity index (χ2v) is 7.75. The number of morpholine rings is 1. The summed E-state index contributed by atoms with van der Waals surface area (Å²) in [6.07, 6.45) is 2.72. The van der Waals surface area contributed by atoms with Crippen LogP contribution in [0.5, 0.6) is 0 Å². The van der Waals surface area contributed by atoms with Crippen LogP contribution in [0.4, 0.5) is 5.82 Å². The molecule has 28 heavy (non-hydrogen) atoms. The number of aryl methyl sites for hydroxylation is 2. The molecular weight excluding hydrogens is 352 g/mol. The number of amides is 1. The maximum atomic E-state index is 12.5. The van der Waals surface area contributed by atoms with E-state index in [2.05, 4.69) is 40.0 Å². The molecule has 2 aliphatic rings. The highest BCUT2D eigenvalue weighted by molar-refractivity contribution is 5.79. The lowest BCUT2D eigenvalue weighted by molar-refractivity contribution is -0.173. The number of carbonyl (C=O) groups is 1. The molecule has 0 radical (unpaired) electrons. The molecule has 148 valence electrons. The van der Waals surface area contributed by atoms with E-state index < -0.39 is 5.54 Å². The molecule has 1 amide bonds. The van der Waals surface area contributed by atoms with Gasteiger partial charge in [0.15, 0.2) is 0 Å². The van der Waals surface area contributed by atoms with Crippen molar-refractivity contribution in [3.05, 3.63) is 53.5 Å². The Labute approximate surface area is 166 Å². The van der Waals surface area contributed by atoms with Crippen molar-refractivity contribution in [2.45, 2.75) is 44.8 Å². The van der Waals surface area contributed by atoms with Crippen LogP contribution >= 0.6 is 0 Å². The van der Waals surface area contributed by atoms with E-state index in [0.717, 1.165) is 48.7 Å². The molecule has 2 fully saturated rings. The Hall–Kier alpha value is -2.47. The second-order valence-electron chi connectivity index (χ2n) is 7.75. The Kier molecular flexibility index (Phi) is 5.06. The van der Waals surface area contributed by atoms with E-state index in [1.807, 2.05) is 37.1 Å². The number of ether oxygens (including phenoxy) is 1. The summed E-state index contributed by atoms with van der Waals surface area (Å²) in [7, 11) is 1.91. The van der Waals surface area contributed by atoms with E-state index >= 15 is 0 Å². The predicted molar refractivity (Wildman–Crippen MR) is 108 cm³/mol. The molecule has 6 nitrogen and oxygen atoms in total. The standard InChI is InChI=1S/C22H28N4O2/c1-4-8-18-13-20(24-16(2)23-18)26-12-11-22(17-9-6-5-7-10-17)19(14-26)28-15-21(27)25(22)3/h5-7,9-10,13,19H,4,8,11-12,14-15H2,1-3H3/t19-,22+/m1/s1. The minimum atomic E-state index is -0.429. The van der Waals surface area contributed by atoms with Crippen molar-refractivity contribution in [2.75, 3.05) is 31.6 Å². The Morgan fingerprint density at radius 1 is 1.25 bits per heavy atom. The van der Waals surface area contributed by atoms with Crippen LogP contribution in [-0.4, -0.2) is 53.6 Å². The first-order valence-electron chi connectivity index (χ1n) is 10.1. The zero-order valence-corrected chi connectivity index (χ0v) is 16.9. The number of fused-ring (bicyclic) bond motifs is 1. The van der Waals surface area contributed by atoms with E-state index in [1.54, 1.807) is 0 Å². The monoisotopic (exact) mass is 380 g/mol. The van der Waals surface area contributed by atoms with Crippen molar-refractivity contribution in [3.63, 3.8) is 0 Å². The van der Waals surface area contributed by atoms with Gasteiger partial charge in [-0.25, -0.2) is 9.97 Å². The van der Waals surface area contributed by atoms with Crippen molar-refractivity contribution in [3.8, 4) is 0 Å². The van der Waals surface area contributed by atoms with Gasteiger partial charge in [0.25, 0.3) is 0 Å². The molecule has 0 bridgehead atoms. The van der Waals surface area contributed by atoms with Gasteiger partial charge < -0.3 is 14.5 Å². The summed E-state index contributed by atoms with van der Waals surface area (Å²) < 4.78 is 6.11. The summed E-state index contributed by atoms with van der Waals surface area (Å²) in [5, 5.41) is 0. The lowest BCUT2D eigenvalue weighted by Crippen LogP contribution is -2.67. The van der Waals surface area contributed by atoms with Crippen molar-refractivity contribution in [1.29, 1.82) is 0 Å². The molecule has 1 aromatic carbocycles. The van der Waals surface area contributed by atoms with E-state index in [1.165, 1.54) is 0 Å². The predicted octanol–water partition coefficient (Wildman–Crippen LogP) is 2.70. The maximum absolute atomic E-state index is 12.5. The van der Waals surface area contributed by atoms with Gasteiger partial charge in [0.05, 0.1) is 5.54 Å². The number of piperidine rings is 1. The lowest BCUT2D eigenvalue weighted by atomic mass is 9.76. The van der Waals surface area contributed by atoms with Crippen LogP contribution in [0.15, 0.2) is 36.4 Å². The van der Waals surface area contributed by atoms with Crippen molar-refractivity contribution in [2.24, 2.45) is 0 Å². The number of rotatable bonds is 4. The Morgan fingerprint density at radius 3 is 2.79 bits per heavy atom. The van der Waals surface area contributed by atoms with Gasteiger partial charge in [-0.15, -0.1) is 0 Å². The fraction of sp³-hybridized carbons (Fsp3) is 0.500. The summed E-state index contributed by atoms with van der Waals surface area (Å²) in [5.41, 5.74) is 1.80. The Balaban J connectivity index is 1.67. The van der Waals surface area contributed by atoms with Gasteiger partial charge >= 0.3 is 0 Å². The molecule has 3 heterocycles. The zero-order chi connectivity index (χ0) is 19.7. The van der Waals surface area contributed by atoms with Crippen molar-refractivity contribution < 1.29 is 9.53 Å². The third kappa shape index (κ3) is 3.15. The quantitative estimate of drug-likeness (QED) is 0.816. The third-order valence-electron chi connectivity index (χ3n) is 6.04. The van der Waals surface area contributed by atoms with E-state index in [4.69, 9.17) is 4.74 Å². The summed E-state index contributed by atoms with van der Waals surface area (Å²) >= 11 is 0. The number of nitrogens with zero attached hydrogens (tertiary/aromatic N) is 4. The van der Waals surface area contributed by atoms with Gasteiger partial charge in [0, 0.05) is 31.9 Å². The highest BCUT2D eigenvalue weighted by Gasteiger charge is 2.52. The summed E-state index contributed by atoms with van der Waals surface area (Å²) in [5.74, 6) is 1.80. The van der Waals surface area contributed by atoms with E-state index in [9.17, 15) is 4.79 Å². The van der Waals surface area contributed by atoms with E-state index in [-0.39, 0.29) is 18.6 Å². The number of benzene rings is 1. The first-order chi connectivity index (χ1) is 13.5. The third-order valence-corrected chi connectivity index (χ3v) is 6.04. The summed E-state index contributed by atoms with van der Waals surface area (Å²) in [4.78, 5) is 25.9. The molecule has 1 aromatic heterocycles. The van der Waals surface area contributed by atoms with Crippen LogP contribution in [-0.2, 0) is 21.5 Å². The van der Waals surface area contributed by atoms with Crippen LogP contribution in [0.25, 0.3) is 0 Å². The van der Waals surface area contributed by atoms with Crippen LogP contribution in [0.2, 0.25) is 0 Å². The molecular formula is C22H28N4O2. The fourth-order valence-electron chi connectivity index (χ4n) is 4.59. The first-order valence-corrected chi connectivity index (χ1v) is 10.1. The van der Waals surface area contributed by atoms with Gasteiger partial charge in [-0.2, -0.15) is 0 Å².